The summed E-state index contributed by atoms with van der Waals surface area (Å²) in [6.07, 6.45) is 4.45. The second-order valence-electron chi connectivity index (χ2n) is 9.39. The summed E-state index contributed by atoms with van der Waals surface area (Å²) in [7, 11) is 0. The molecular weight excluding hydrogens is 366 g/mol. The van der Waals surface area contributed by atoms with Crippen LogP contribution in [-0.4, -0.2) is 42.4 Å². The van der Waals surface area contributed by atoms with Crippen LogP contribution in [0.25, 0.3) is 0 Å². The van der Waals surface area contributed by atoms with Gasteiger partial charge in [-0.15, -0.1) is 0 Å². The third-order valence-corrected chi connectivity index (χ3v) is 6.01. The molecule has 0 heterocycles. The van der Waals surface area contributed by atoms with Gasteiger partial charge in [-0.3, -0.25) is 4.79 Å². The van der Waals surface area contributed by atoms with Crippen LogP contribution in [0.15, 0.2) is 18.2 Å². The molecule has 1 aromatic rings. The van der Waals surface area contributed by atoms with E-state index < -0.39 is 6.10 Å². The Balaban J connectivity index is 1.46. The molecule has 2 aliphatic carbocycles. The number of carbonyl (C=O) groups is 1. The number of amides is 1. The molecular formula is C23H33N3O3. The molecule has 2 saturated carbocycles. The molecule has 1 aromatic carbocycles. The van der Waals surface area contributed by atoms with Crippen LogP contribution in [0.3, 0.4) is 0 Å². The standard InChI is InChI=1S/C23H33N3O3/c1-23(2,3)26-13-17(27)14-29-21-8-7-15(11-16(21)12-24)22(28)25-10-9-20-18-5-4-6-19(18)20/h7-8,11,17-20,26-27H,4-6,9-10,13-14H2,1-3H3,(H,25,28). The number of benzene rings is 1. The van der Waals surface area contributed by atoms with Gasteiger partial charge in [0.25, 0.3) is 5.91 Å². The summed E-state index contributed by atoms with van der Waals surface area (Å²) in [5, 5.41) is 25.6. The summed E-state index contributed by atoms with van der Waals surface area (Å²) >= 11 is 0. The Hall–Kier alpha value is -2.10. The first-order valence-electron chi connectivity index (χ1n) is 10.7. The Morgan fingerprint density at radius 3 is 2.72 bits per heavy atom. The molecule has 3 rings (SSSR count). The van der Waals surface area contributed by atoms with Gasteiger partial charge in [0.15, 0.2) is 0 Å². The fourth-order valence-electron chi connectivity index (χ4n) is 4.41. The highest BCUT2D eigenvalue weighted by atomic mass is 16.5. The van der Waals surface area contributed by atoms with Crippen LogP contribution in [0.4, 0.5) is 0 Å². The Morgan fingerprint density at radius 1 is 1.34 bits per heavy atom. The third kappa shape index (κ3) is 5.94. The van der Waals surface area contributed by atoms with Gasteiger partial charge in [-0.05, 0) is 76.0 Å². The average molecular weight is 400 g/mol. The van der Waals surface area contributed by atoms with Crippen molar-refractivity contribution in [1.82, 2.24) is 10.6 Å². The summed E-state index contributed by atoms with van der Waals surface area (Å²) in [6, 6.07) is 6.92. The predicted molar refractivity (Wildman–Crippen MR) is 112 cm³/mol. The van der Waals surface area contributed by atoms with E-state index >= 15 is 0 Å². The maximum Gasteiger partial charge on any atom is 0.251 e. The molecule has 3 N–H and O–H groups in total. The molecule has 6 heteroatoms. The topological polar surface area (TPSA) is 94.4 Å². The zero-order chi connectivity index (χ0) is 21.0. The van der Waals surface area contributed by atoms with Crippen molar-refractivity contribution in [2.75, 3.05) is 19.7 Å². The number of nitrogens with zero attached hydrogens (tertiary/aromatic N) is 1. The second-order valence-corrected chi connectivity index (χ2v) is 9.39. The number of hydrogen-bond donors (Lipinski definition) is 3. The van der Waals surface area contributed by atoms with Gasteiger partial charge < -0.3 is 20.5 Å². The molecule has 0 bridgehead atoms. The highest BCUT2D eigenvalue weighted by Gasteiger charge is 2.51. The lowest BCUT2D eigenvalue weighted by Crippen LogP contribution is -2.42. The molecule has 0 spiro atoms. The highest BCUT2D eigenvalue weighted by molar-refractivity contribution is 5.94. The quantitative estimate of drug-likeness (QED) is 0.594. The van der Waals surface area contributed by atoms with E-state index in [9.17, 15) is 15.2 Å². The first kappa shape index (κ1) is 21.6. The summed E-state index contributed by atoms with van der Waals surface area (Å²) in [5.74, 6) is 2.83. The molecule has 29 heavy (non-hydrogen) atoms. The second kappa shape index (κ2) is 9.15. The lowest BCUT2D eigenvalue weighted by atomic mass is 10.1. The molecule has 6 nitrogen and oxygen atoms in total. The molecule has 0 radical (unpaired) electrons. The van der Waals surface area contributed by atoms with Crippen LogP contribution in [0.5, 0.6) is 5.75 Å². The van der Waals surface area contributed by atoms with Crippen molar-refractivity contribution in [3.05, 3.63) is 29.3 Å². The van der Waals surface area contributed by atoms with Gasteiger partial charge in [-0.2, -0.15) is 5.26 Å². The van der Waals surface area contributed by atoms with E-state index in [4.69, 9.17) is 4.74 Å². The molecule has 158 valence electrons. The van der Waals surface area contributed by atoms with E-state index in [1.807, 2.05) is 20.8 Å². The minimum atomic E-state index is -0.689. The smallest absolute Gasteiger partial charge is 0.251 e. The number of rotatable bonds is 9. The summed E-state index contributed by atoms with van der Waals surface area (Å²) < 4.78 is 5.61. The number of carbonyl (C=O) groups excluding carboxylic acids is 1. The molecule has 0 saturated heterocycles. The SMILES string of the molecule is CC(C)(C)NCC(O)COc1ccc(C(=O)NCCC2C3CCCC32)cc1C#N. The maximum atomic E-state index is 12.4. The minimum absolute atomic E-state index is 0.0764. The van der Waals surface area contributed by atoms with Gasteiger partial charge in [0.1, 0.15) is 24.5 Å². The van der Waals surface area contributed by atoms with E-state index in [2.05, 4.69) is 16.7 Å². The Morgan fingerprint density at radius 2 is 2.07 bits per heavy atom. The summed E-state index contributed by atoms with van der Waals surface area (Å²) in [6.45, 7) is 7.22. The van der Waals surface area contributed by atoms with E-state index in [0.717, 1.165) is 24.2 Å². The van der Waals surface area contributed by atoms with Crippen molar-refractivity contribution in [3.8, 4) is 11.8 Å². The van der Waals surface area contributed by atoms with Crippen molar-refractivity contribution in [3.63, 3.8) is 0 Å². The normalized spacial score (nSPS) is 23.8. The van der Waals surface area contributed by atoms with E-state index in [1.54, 1.807) is 18.2 Å². The van der Waals surface area contributed by atoms with E-state index in [0.29, 0.717) is 30.0 Å². The Bertz CT molecular complexity index is 756. The zero-order valence-electron chi connectivity index (χ0n) is 17.7. The average Bonchev–Trinajstić information content (AvgIpc) is 3.10. The maximum absolute atomic E-state index is 12.4. The number of hydrogen-bond acceptors (Lipinski definition) is 5. The molecule has 2 fully saturated rings. The number of ether oxygens (including phenoxy) is 1. The van der Waals surface area contributed by atoms with Crippen LogP contribution in [-0.2, 0) is 0 Å². The molecule has 3 unspecified atom stereocenters. The van der Waals surface area contributed by atoms with Crippen LogP contribution in [0, 0.1) is 29.1 Å². The third-order valence-electron chi connectivity index (χ3n) is 6.01. The Kier molecular flexibility index (Phi) is 6.81. The number of aliphatic hydroxyl groups excluding tert-OH is 1. The monoisotopic (exact) mass is 399 g/mol. The van der Waals surface area contributed by atoms with Crippen molar-refractivity contribution in [1.29, 1.82) is 5.26 Å². The number of aliphatic hydroxyl groups is 1. The number of nitrogens with one attached hydrogen (secondary N) is 2. The van der Waals surface area contributed by atoms with Crippen molar-refractivity contribution in [2.24, 2.45) is 17.8 Å². The molecule has 3 atom stereocenters. The zero-order valence-corrected chi connectivity index (χ0v) is 17.7. The van der Waals surface area contributed by atoms with Gasteiger partial charge in [0, 0.05) is 24.2 Å². The van der Waals surface area contributed by atoms with E-state index in [1.165, 1.54) is 19.3 Å². The van der Waals surface area contributed by atoms with Crippen molar-refractivity contribution < 1.29 is 14.6 Å². The summed E-state index contributed by atoms with van der Waals surface area (Å²) in [4.78, 5) is 12.4. The number of nitriles is 1. The van der Waals surface area contributed by atoms with Crippen LogP contribution in [0.1, 0.15) is 62.4 Å². The lowest BCUT2D eigenvalue weighted by molar-refractivity contribution is 0.0950. The van der Waals surface area contributed by atoms with Crippen LogP contribution < -0.4 is 15.4 Å². The first-order chi connectivity index (χ1) is 13.8. The lowest BCUT2D eigenvalue weighted by Gasteiger charge is -2.23. The van der Waals surface area contributed by atoms with Crippen LogP contribution in [0.2, 0.25) is 0 Å². The van der Waals surface area contributed by atoms with Crippen LogP contribution >= 0.6 is 0 Å². The molecule has 0 aliphatic heterocycles. The fraction of sp³-hybridized carbons (Fsp3) is 0.652. The van der Waals surface area contributed by atoms with Gasteiger partial charge in [0.2, 0.25) is 0 Å². The fourth-order valence-corrected chi connectivity index (χ4v) is 4.41. The highest BCUT2D eigenvalue weighted by Crippen LogP contribution is 2.58. The largest absolute Gasteiger partial charge is 0.489 e. The van der Waals surface area contributed by atoms with Gasteiger partial charge in [-0.25, -0.2) is 0 Å². The van der Waals surface area contributed by atoms with E-state index in [-0.39, 0.29) is 18.1 Å². The van der Waals surface area contributed by atoms with Gasteiger partial charge >= 0.3 is 0 Å². The van der Waals surface area contributed by atoms with Crippen molar-refractivity contribution in [2.45, 2.75) is 58.1 Å². The predicted octanol–water partition coefficient (Wildman–Crippen LogP) is 2.85. The first-order valence-corrected chi connectivity index (χ1v) is 10.7. The number of β-amino-alcohol motifs (C(OH)–C–C–N with tert-alkyl or cyclic N) is 1. The minimum Gasteiger partial charge on any atom is -0.489 e. The Labute approximate surface area is 173 Å². The summed E-state index contributed by atoms with van der Waals surface area (Å²) in [5.41, 5.74) is 0.664. The van der Waals surface area contributed by atoms with Crippen molar-refractivity contribution >= 4 is 5.91 Å². The number of fused-ring (bicyclic) bond motifs is 1. The molecule has 0 aromatic heterocycles. The molecule has 1 amide bonds. The van der Waals surface area contributed by atoms with Gasteiger partial charge in [-0.1, -0.05) is 6.42 Å². The molecule has 2 aliphatic rings. The van der Waals surface area contributed by atoms with Gasteiger partial charge in [0.05, 0.1) is 5.56 Å².